The minimum absolute atomic E-state index is 0.228. The van der Waals surface area contributed by atoms with Crippen LogP contribution in [0.15, 0.2) is 59.7 Å². The number of benzene rings is 2. The van der Waals surface area contributed by atoms with Gasteiger partial charge in [-0.05, 0) is 23.3 Å². The first kappa shape index (κ1) is 18.3. The van der Waals surface area contributed by atoms with Gasteiger partial charge in [0.25, 0.3) is 5.91 Å². The lowest BCUT2D eigenvalue weighted by Gasteiger charge is -2.15. The van der Waals surface area contributed by atoms with Crippen molar-refractivity contribution < 1.29 is 19.1 Å². The maximum absolute atomic E-state index is 12.5. The number of carbonyl (C=O) groups excluding carboxylic acids is 3. The van der Waals surface area contributed by atoms with Crippen LogP contribution in [0.5, 0.6) is 0 Å². The van der Waals surface area contributed by atoms with Crippen LogP contribution in [0.4, 0.5) is 0 Å². The van der Waals surface area contributed by atoms with Gasteiger partial charge in [0.05, 0.1) is 18.9 Å². The van der Waals surface area contributed by atoms with Crippen molar-refractivity contribution in [2.24, 2.45) is 11.0 Å². The zero-order chi connectivity index (χ0) is 19.2. The van der Waals surface area contributed by atoms with Gasteiger partial charge in [-0.3, -0.25) is 9.59 Å². The summed E-state index contributed by atoms with van der Waals surface area (Å²) in [5.74, 6) is -2.24. The highest BCUT2D eigenvalue weighted by molar-refractivity contribution is 6.03. The maximum atomic E-state index is 12.5. The molecular weight excluding hydrogens is 346 g/mol. The van der Waals surface area contributed by atoms with Crippen LogP contribution in [0, 0.1) is 5.92 Å². The smallest absolute Gasteiger partial charge is 0.337 e. The summed E-state index contributed by atoms with van der Waals surface area (Å²) < 4.78 is 4.63. The molecule has 7 heteroatoms. The minimum Gasteiger partial charge on any atom is -0.465 e. The van der Waals surface area contributed by atoms with E-state index in [-0.39, 0.29) is 11.8 Å². The number of hydrazone groups is 1. The van der Waals surface area contributed by atoms with Gasteiger partial charge in [0, 0.05) is 12.5 Å². The van der Waals surface area contributed by atoms with Gasteiger partial charge < -0.3 is 10.1 Å². The Hall–Kier alpha value is -3.48. The minimum atomic E-state index is -0.828. The van der Waals surface area contributed by atoms with E-state index in [2.05, 4.69) is 20.6 Å². The molecule has 0 saturated carbocycles. The predicted molar refractivity (Wildman–Crippen MR) is 99.2 cm³/mol. The lowest BCUT2D eigenvalue weighted by molar-refractivity contribution is -0.133. The summed E-state index contributed by atoms with van der Waals surface area (Å²) in [7, 11) is 1.31. The van der Waals surface area contributed by atoms with Gasteiger partial charge in [0.15, 0.2) is 0 Å². The molecule has 2 N–H and O–H groups in total. The van der Waals surface area contributed by atoms with Crippen molar-refractivity contribution in [3.05, 3.63) is 71.3 Å². The summed E-state index contributed by atoms with van der Waals surface area (Å²) in [4.78, 5) is 36.0. The summed E-state index contributed by atoms with van der Waals surface area (Å²) in [6.07, 6.45) is 1.45. The summed E-state index contributed by atoms with van der Waals surface area (Å²) in [5, 5.41) is 6.66. The number of methoxy groups -OCH3 is 1. The zero-order valence-corrected chi connectivity index (χ0v) is 14.7. The molecule has 1 aliphatic rings. The number of nitrogens with zero attached hydrogens (tertiary/aromatic N) is 1. The van der Waals surface area contributed by atoms with Gasteiger partial charge in [0.2, 0.25) is 5.91 Å². The first-order valence-electron chi connectivity index (χ1n) is 8.44. The molecule has 2 aromatic carbocycles. The third-order valence-electron chi connectivity index (χ3n) is 4.41. The molecule has 2 amide bonds. The second-order valence-electron chi connectivity index (χ2n) is 6.09. The Labute approximate surface area is 156 Å². The summed E-state index contributed by atoms with van der Waals surface area (Å²) in [6, 6.07) is 16.0. The lowest BCUT2D eigenvalue weighted by Crippen LogP contribution is -2.34. The van der Waals surface area contributed by atoms with Gasteiger partial charge in [-0.25, -0.2) is 10.2 Å². The third-order valence-corrected chi connectivity index (χ3v) is 4.41. The van der Waals surface area contributed by atoms with Crippen molar-refractivity contribution in [2.75, 3.05) is 13.7 Å². The van der Waals surface area contributed by atoms with E-state index in [0.717, 1.165) is 5.56 Å². The fourth-order valence-corrected chi connectivity index (χ4v) is 3.00. The van der Waals surface area contributed by atoms with E-state index in [9.17, 15) is 14.4 Å². The lowest BCUT2D eigenvalue weighted by atomic mass is 9.88. The molecule has 138 valence electrons. The van der Waals surface area contributed by atoms with Gasteiger partial charge in [-0.1, -0.05) is 42.5 Å². The summed E-state index contributed by atoms with van der Waals surface area (Å²) in [6.45, 7) is 0.416. The van der Waals surface area contributed by atoms with Crippen LogP contribution in [0.3, 0.4) is 0 Å². The molecule has 3 rings (SSSR count). The molecule has 0 radical (unpaired) electrons. The average molecular weight is 365 g/mol. The largest absolute Gasteiger partial charge is 0.465 e. The first-order chi connectivity index (χ1) is 13.1. The number of rotatable bonds is 5. The molecule has 0 spiro atoms. The standard InChI is InChI=1S/C20H19N3O4/c1-27-20(26)15-9-7-13(8-10-15)11-22-23-19(25)17-16(12-21-18(17)24)14-5-3-2-4-6-14/h2-11,16-17H,12H2,1H3,(H,21,24)(H,23,25). The van der Waals surface area contributed by atoms with Crippen LogP contribution in [0.1, 0.15) is 27.4 Å². The first-order valence-corrected chi connectivity index (χ1v) is 8.44. The average Bonchev–Trinajstić information content (AvgIpc) is 3.10. The zero-order valence-electron chi connectivity index (χ0n) is 14.7. The number of hydrogen-bond acceptors (Lipinski definition) is 5. The summed E-state index contributed by atoms with van der Waals surface area (Å²) in [5.41, 5.74) is 4.48. The SMILES string of the molecule is COC(=O)c1ccc(C=NNC(=O)C2C(=O)NCC2c2ccccc2)cc1. The molecule has 1 aliphatic heterocycles. The van der Waals surface area contributed by atoms with Crippen LogP contribution in [-0.2, 0) is 14.3 Å². The summed E-state index contributed by atoms with van der Waals surface area (Å²) >= 11 is 0. The van der Waals surface area contributed by atoms with Gasteiger partial charge in [0.1, 0.15) is 5.92 Å². The van der Waals surface area contributed by atoms with Crippen LogP contribution in [-0.4, -0.2) is 37.7 Å². The van der Waals surface area contributed by atoms with E-state index < -0.39 is 17.8 Å². The van der Waals surface area contributed by atoms with Crippen molar-refractivity contribution in [1.29, 1.82) is 0 Å². The Kier molecular flexibility index (Phi) is 5.61. The van der Waals surface area contributed by atoms with Crippen molar-refractivity contribution in [2.45, 2.75) is 5.92 Å². The molecule has 27 heavy (non-hydrogen) atoms. The van der Waals surface area contributed by atoms with E-state index in [4.69, 9.17) is 0 Å². The highest BCUT2D eigenvalue weighted by atomic mass is 16.5. The van der Waals surface area contributed by atoms with Crippen LogP contribution >= 0.6 is 0 Å². The highest BCUT2D eigenvalue weighted by Gasteiger charge is 2.40. The van der Waals surface area contributed by atoms with E-state index in [0.29, 0.717) is 17.7 Å². The molecule has 1 fully saturated rings. The number of esters is 1. The van der Waals surface area contributed by atoms with E-state index in [1.807, 2.05) is 30.3 Å². The number of amides is 2. The Bertz CT molecular complexity index is 863. The van der Waals surface area contributed by atoms with Gasteiger partial charge in [-0.15, -0.1) is 0 Å². The van der Waals surface area contributed by atoms with Crippen molar-refractivity contribution in [3.63, 3.8) is 0 Å². The Morgan fingerprint density at radius 2 is 1.85 bits per heavy atom. The second kappa shape index (κ2) is 8.27. The molecule has 2 unspecified atom stereocenters. The molecule has 1 saturated heterocycles. The van der Waals surface area contributed by atoms with Crippen molar-refractivity contribution >= 4 is 24.0 Å². The third kappa shape index (κ3) is 4.20. The highest BCUT2D eigenvalue weighted by Crippen LogP contribution is 2.28. The Morgan fingerprint density at radius 1 is 1.15 bits per heavy atom. The topological polar surface area (TPSA) is 96.9 Å². The van der Waals surface area contributed by atoms with E-state index in [1.165, 1.54) is 13.3 Å². The van der Waals surface area contributed by atoms with Gasteiger partial charge >= 0.3 is 5.97 Å². The van der Waals surface area contributed by atoms with Crippen LogP contribution in [0.2, 0.25) is 0 Å². The molecule has 2 atom stereocenters. The van der Waals surface area contributed by atoms with Crippen molar-refractivity contribution in [1.82, 2.24) is 10.7 Å². The maximum Gasteiger partial charge on any atom is 0.337 e. The number of ether oxygens (including phenoxy) is 1. The molecular formula is C20H19N3O4. The van der Waals surface area contributed by atoms with Crippen molar-refractivity contribution in [3.8, 4) is 0 Å². The number of carbonyl (C=O) groups is 3. The van der Waals surface area contributed by atoms with Gasteiger partial charge in [-0.2, -0.15) is 5.10 Å². The monoisotopic (exact) mass is 365 g/mol. The van der Waals surface area contributed by atoms with E-state index >= 15 is 0 Å². The Balaban J connectivity index is 1.65. The molecule has 7 nitrogen and oxygen atoms in total. The van der Waals surface area contributed by atoms with Crippen LogP contribution < -0.4 is 10.7 Å². The second-order valence-corrected chi connectivity index (χ2v) is 6.09. The van der Waals surface area contributed by atoms with Crippen LogP contribution in [0.25, 0.3) is 0 Å². The molecule has 1 heterocycles. The molecule has 0 aliphatic carbocycles. The quantitative estimate of drug-likeness (QED) is 0.363. The fraction of sp³-hybridized carbons (Fsp3) is 0.200. The molecule has 0 bridgehead atoms. The normalized spacial score (nSPS) is 18.9. The molecule has 0 aromatic heterocycles. The molecule has 2 aromatic rings. The Morgan fingerprint density at radius 3 is 2.52 bits per heavy atom. The number of hydrogen-bond donors (Lipinski definition) is 2. The fourth-order valence-electron chi connectivity index (χ4n) is 3.00. The predicted octanol–water partition coefficient (Wildman–Crippen LogP) is 1.45. The number of nitrogens with one attached hydrogen (secondary N) is 2. The van der Waals surface area contributed by atoms with E-state index in [1.54, 1.807) is 24.3 Å².